The van der Waals surface area contributed by atoms with Gasteiger partial charge in [-0.15, -0.1) is 12.4 Å². The predicted octanol–water partition coefficient (Wildman–Crippen LogP) is 3.16. The summed E-state index contributed by atoms with van der Waals surface area (Å²) >= 11 is 15.1. The smallest absolute Gasteiger partial charge is 0.244 e. The Morgan fingerprint density at radius 2 is 2.00 bits per heavy atom. The van der Waals surface area contributed by atoms with Gasteiger partial charge >= 0.3 is 0 Å². The Kier molecular flexibility index (Phi) is 6.59. The molecule has 0 bridgehead atoms. The van der Waals surface area contributed by atoms with Crippen molar-refractivity contribution in [3.63, 3.8) is 0 Å². The van der Waals surface area contributed by atoms with Gasteiger partial charge in [-0.3, -0.25) is 0 Å². The molecule has 1 N–H and O–H groups in total. The molecule has 1 atom stereocenters. The average molecular weight is 425 g/mol. The largest absolute Gasteiger partial charge is 0.315 e. The van der Waals surface area contributed by atoms with Crippen molar-refractivity contribution in [2.24, 2.45) is 0 Å². The minimum atomic E-state index is -3.62. The normalized spacial score (nSPS) is 19.1. The van der Waals surface area contributed by atoms with Gasteiger partial charge < -0.3 is 5.32 Å². The van der Waals surface area contributed by atoms with E-state index in [1.165, 1.54) is 16.4 Å². The van der Waals surface area contributed by atoms with Crippen LogP contribution in [0.5, 0.6) is 0 Å². The van der Waals surface area contributed by atoms with Crippen LogP contribution in [0.15, 0.2) is 21.5 Å². The maximum atomic E-state index is 12.6. The zero-order chi connectivity index (χ0) is 14.2. The lowest BCUT2D eigenvalue weighted by Gasteiger charge is -2.23. The number of nitrogens with one attached hydrogen (secondary N) is 1. The van der Waals surface area contributed by atoms with E-state index in [4.69, 9.17) is 23.2 Å². The van der Waals surface area contributed by atoms with Gasteiger partial charge in [0.15, 0.2) is 0 Å². The van der Waals surface area contributed by atoms with Crippen LogP contribution >= 0.6 is 51.5 Å². The molecular formula is C11H14BrCl3N2O2S. The first-order valence-corrected chi connectivity index (χ1v) is 8.66. The Labute approximate surface area is 143 Å². The number of hydrogen-bond acceptors (Lipinski definition) is 3. The van der Waals surface area contributed by atoms with Crippen LogP contribution in [0.25, 0.3) is 0 Å². The fourth-order valence-corrected chi connectivity index (χ4v) is 4.63. The molecule has 0 spiro atoms. The van der Waals surface area contributed by atoms with E-state index in [2.05, 4.69) is 21.2 Å². The Hall–Kier alpha value is 0.440. The van der Waals surface area contributed by atoms with Crippen LogP contribution in [0.2, 0.25) is 10.0 Å². The zero-order valence-electron chi connectivity index (χ0n) is 10.6. The van der Waals surface area contributed by atoms with E-state index in [-0.39, 0.29) is 28.4 Å². The van der Waals surface area contributed by atoms with Gasteiger partial charge in [0.2, 0.25) is 10.0 Å². The summed E-state index contributed by atoms with van der Waals surface area (Å²) in [7, 11) is -2.04. The predicted molar refractivity (Wildman–Crippen MR) is 87.6 cm³/mol. The van der Waals surface area contributed by atoms with Crippen LogP contribution in [-0.2, 0) is 10.0 Å². The third-order valence-corrected chi connectivity index (χ3v) is 6.75. The molecule has 1 fully saturated rings. The molecule has 20 heavy (non-hydrogen) atoms. The highest BCUT2D eigenvalue weighted by molar-refractivity contribution is 9.10. The molecule has 2 rings (SSSR count). The molecule has 9 heteroatoms. The summed E-state index contributed by atoms with van der Waals surface area (Å²) in [5.74, 6) is 0. The molecule has 114 valence electrons. The standard InChI is InChI=1S/C11H13BrCl2N2O2S.ClH/c1-16(7-2-3-15-6-7)19(17,18)11-4-8(12)9(13)5-10(11)14;/h4-5,7,15H,2-3,6H2,1H3;1H. The first kappa shape index (κ1) is 18.5. The van der Waals surface area contributed by atoms with Gasteiger partial charge in [-0.2, -0.15) is 4.31 Å². The number of sulfonamides is 1. The van der Waals surface area contributed by atoms with Crippen LogP contribution in [0.1, 0.15) is 6.42 Å². The average Bonchev–Trinajstić information content (AvgIpc) is 2.86. The van der Waals surface area contributed by atoms with E-state index in [0.717, 1.165) is 13.0 Å². The minimum absolute atomic E-state index is 0. The van der Waals surface area contributed by atoms with Gasteiger partial charge in [-0.25, -0.2) is 8.42 Å². The summed E-state index contributed by atoms with van der Waals surface area (Å²) in [5.41, 5.74) is 0. The van der Waals surface area contributed by atoms with E-state index in [0.29, 0.717) is 16.0 Å². The van der Waals surface area contributed by atoms with Gasteiger partial charge in [0, 0.05) is 24.1 Å². The summed E-state index contributed by atoms with van der Waals surface area (Å²) in [6.45, 7) is 1.48. The number of rotatable bonds is 3. The quantitative estimate of drug-likeness (QED) is 0.759. The molecule has 1 saturated heterocycles. The molecule has 1 aromatic carbocycles. The molecule has 0 aliphatic carbocycles. The summed E-state index contributed by atoms with van der Waals surface area (Å²) in [6.07, 6.45) is 0.794. The molecule has 0 radical (unpaired) electrons. The molecule has 1 aliphatic heterocycles. The SMILES string of the molecule is CN(C1CCNC1)S(=O)(=O)c1cc(Br)c(Cl)cc1Cl.Cl. The third kappa shape index (κ3) is 3.61. The fourth-order valence-electron chi connectivity index (χ4n) is 2.00. The summed E-state index contributed by atoms with van der Waals surface area (Å²) in [6, 6.07) is 2.83. The lowest BCUT2D eigenvalue weighted by atomic mass is 10.3. The second kappa shape index (κ2) is 7.13. The Morgan fingerprint density at radius 1 is 1.35 bits per heavy atom. The highest BCUT2D eigenvalue weighted by atomic mass is 79.9. The van der Waals surface area contributed by atoms with Crippen LogP contribution < -0.4 is 5.32 Å². The monoisotopic (exact) mass is 422 g/mol. The van der Waals surface area contributed by atoms with Gasteiger partial charge in [0.1, 0.15) is 4.90 Å². The maximum Gasteiger partial charge on any atom is 0.244 e. The van der Waals surface area contributed by atoms with Gasteiger partial charge in [0.25, 0.3) is 0 Å². The Bertz CT molecular complexity index is 592. The van der Waals surface area contributed by atoms with Crippen LogP contribution in [0, 0.1) is 0 Å². The van der Waals surface area contributed by atoms with Crippen molar-refractivity contribution in [3.8, 4) is 0 Å². The van der Waals surface area contributed by atoms with Gasteiger partial charge in [-0.05, 0) is 41.0 Å². The number of nitrogens with zero attached hydrogens (tertiary/aromatic N) is 1. The van der Waals surface area contributed by atoms with Crippen molar-refractivity contribution in [1.82, 2.24) is 9.62 Å². The summed E-state index contributed by atoms with van der Waals surface area (Å²) in [5, 5.41) is 3.66. The minimum Gasteiger partial charge on any atom is -0.315 e. The Balaban J connectivity index is 0.00000200. The van der Waals surface area contributed by atoms with E-state index in [1.807, 2.05) is 0 Å². The molecule has 0 amide bonds. The van der Waals surface area contributed by atoms with Crippen LogP contribution in [0.3, 0.4) is 0 Å². The number of halogens is 4. The molecule has 1 unspecified atom stereocenters. The van der Waals surface area contributed by atoms with E-state index in [1.54, 1.807) is 7.05 Å². The van der Waals surface area contributed by atoms with E-state index < -0.39 is 10.0 Å². The highest BCUT2D eigenvalue weighted by Crippen LogP contribution is 2.33. The second-order valence-corrected chi connectivity index (χ2v) is 8.00. The molecular weight excluding hydrogens is 410 g/mol. The van der Waals surface area contributed by atoms with Crippen molar-refractivity contribution in [2.45, 2.75) is 17.4 Å². The Morgan fingerprint density at radius 3 is 2.55 bits per heavy atom. The summed E-state index contributed by atoms with van der Waals surface area (Å²) < 4.78 is 27.0. The number of benzene rings is 1. The van der Waals surface area contributed by atoms with Gasteiger partial charge in [0.05, 0.1) is 10.0 Å². The van der Waals surface area contributed by atoms with Crippen LogP contribution in [0.4, 0.5) is 0 Å². The van der Waals surface area contributed by atoms with Crippen molar-refractivity contribution in [1.29, 1.82) is 0 Å². The molecule has 4 nitrogen and oxygen atoms in total. The molecule has 0 saturated carbocycles. The lowest BCUT2D eigenvalue weighted by Crippen LogP contribution is -2.38. The fraction of sp³-hybridized carbons (Fsp3) is 0.455. The van der Waals surface area contributed by atoms with Crippen molar-refractivity contribution < 1.29 is 8.42 Å². The van der Waals surface area contributed by atoms with Crippen LogP contribution in [-0.4, -0.2) is 38.9 Å². The maximum absolute atomic E-state index is 12.6. The van der Waals surface area contributed by atoms with Gasteiger partial charge in [-0.1, -0.05) is 23.2 Å². The molecule has 0 aromatic heterocycles. The molecule has 1 heterocycles. The second-order valence-electron chi connectivity index (χ2n) is 4.36. The highest BCUT2D eigenvalue weighted by Gasteiger charge is 2.31. The molecule has 1 aromatic rings. The first-order valence-electron chi connectivity index (χ1n) is 5.67. The van der Waals surface area contributed by atoms with Crippen molar-refractivity contribution in [2.75, 3.05) is 20.1 Å². The first-order chi connectivity index (χ1) is 8.84. The molecule has 1 aliphatic rings. The lowest BCUT2D eigenvalue weighted by molar-refractivity contribution is 0.388. The zero-order valence-corrected chi connectivity index (χ0v) is 15.3. The number of hydrogen-bond donors (Lipinski definition) is 1. The van der Waals surface area contributed by atoms with Crippen molar-refractivity contribution in [3.05, 3.63) is 26.7 Å². The third-order valence-electron chi connectivity index (χ3n) is 3.18. The topological polar surface area (TPSA) is 49.4 Å². The summed E-state index contributed by atoms with van der Waals surface area (Å²) in [4.78, 5) is 0.0693. The van der Waals surface area contributed by atoms with Crippen molar-refractivity contribution >= 4 is 61.6 Å². The van der Waals surface area contributed by atoms with E-state index >= 15 is 0 Å². The van der Waals surface area contributed by atoms with E-state index in [9.17, 15) is 8.42 Å². The number of likely N-dealkylation sites (N-methyl/N-ethyl adjacent to an activating group) is 1.